The molecule has 0 saturated heterocycles. The smallest absolute Gasteiger partial charge is 0.111 e. The fraction of sp³-hybridized carbons (Fsp3) is 0.444. The summed E-state index contributed by atoms with van der Waals surface area (Å²) in [4.78, 5) is 5.93. The molecule has 0 radical (unpaired) electrons. The van der Waals surface area contributed by atoms with Crippen LogP contribution in [0.25, 0.3) is 0 Å². The Bertz CT molecular complexity index is 325. The molecule has 0 aliphatic carbocycles. The molecule has 0 saturated carbocycles. The van der Waals surface area contributed by atoms with Crippen LogP contribution in [0.1, 0.15) is 16.8 Å². The molecule has 0 unspecified atom stereocenters. The number of allylic oxidation sites excluding steroid dienone is 1. The van der Waals surface area contributed by atoms with Crippen LogP contribution >= 0.6 is 23.1 Å². The first kappa shape index (κ1) is 8.32. The number of fused-ring (bicyclic) bond motifs is 1. The van der Waals surface area contributed by atoms with Crippen molar-refractivity contribution in [3.8, 4) is 0 Å². The van der Waals surface area contributed by atoms with Gasteiger partial charge >= 0.3 is 0 Å². The molecule has 1 aromatic rings. The van der Waals surface area contributed by atoms with E-state index in [1.165, 1.54) is 20.5 Å². The van der Waals surface area contributed by atoms with Crippen molar-refractivity contribution < 1.29 is 0 Å². The normalized spacial score (nSPS) is 16.7. The first-order valence-corrected chi connectivity index (χ1v) is 5.80. The minimum Gasteiger partial charge on any atom is -0.235 e. The second-order valence-electron chi connectivity index (χ2n) is 3.00. The number of hydrogen-bond acceptors (Lipinski definition) is 3. The average molecular weight is 197 g/mol. The highest BCUT2D eigenvalue weighted by Gasteiger charge is 2.11. The van der Waals surface area contributed by atoms with Gasteiger partial charge in [0, 0.05) is 17.1 Å². The third kappa shape index (κ3) is 1.57. The minimum atomic E-state index is 1.08. The fourth-order valence-corrected chi connectivity index (χ4v) is 3.28. The molecule has 1 aliphatic rings. The van der Waals surface area contributed by atoms with E-state index < -0.39 is 0 Å². The molecule has 2 heterocycles. The largest absolute Gasteiger partial charge is 0.235 e. The first-order chi connectivity index (χ1) is 5.75. The highest BCUT2D eigenvalue weighted by Crippen LogP contribution is 2.31. The molecule has 1 nitrogen and oxygen atoms in total. The Morgan fingerprint density at radius 3 is 3.08 bits per heavy atom. The zero-order valence-corrected chi connectivity index (χ0v) is 8.89. The third-order valence-electron chi connectivity index (χ3n) is 1.84. The van der Waals surface area contributed by atoms with Crippen LogP contribution in [0, 0.1) is 6.92 Å². The summed E-state index contributed by atoms with van der Waals surface area (Å²) >= 11 is 3.70. The van der Waals surface area contributed by atoms with Gasteiger partial charge in [-0.2, -0.15) is 0 Å². The van der Waals surface area contributed by atoms with Crippen LogP contribution in [0.5, 0.6) is 0 Å². The van der Waals surface area contributed by atoms with Gasteiger partial charge in [-0.05, 0) is 13.8 Å². The lowest BCUT2D eigenvalue weighted by molar-refractivity contribution is 1.09. The van der Waals surface area contributed by atoms with E-state index in [2.05, 4.69) is 24.9 Å². The van der Waals surface area contributed by atoms with Gasteiger partial charge in [0.2, 0.25) is 0 Å². The quantitative estimate of drug-likeness (QED) is 0.593. The molecule has 0 aromatic carbocycles. The molecule has 2 rings (SSSR count). The lowest BCUT2D eigenvalue weighted by Crippen LogP contribution is -1.79. The van der Waals surface area contributed by atoms with Crippen LogP contribution in [0.3, 0.4) is 0 Å². The Hall–Kier alpha value is -0.280. The minimum absolute atomic E-state index is 1.08. The van der Waals surface area contributed by atoms with E-state index in [-0.39, 0.29) is 0 Å². The molecule has 0 fully saturated rings. The van der Waals surface area contributed by atoms with Crippen molar-refractivity contribution in [3.63, 3.8) is 0 Å². The molecule has 0 atom stereocenters. The summed E-state index contributed by atoms with van der Waals surface area (Å²) < 4.78 is 0. The highest BCUT2D eigenvalue weighted by molar-refractivity contribution is 7.99. The van der Waals surface area contributed by atoms with Crippen LogP contribution in [-0.2, 0) is 6.42 Å². The Morgan fingerprint density at radius 1 is 1.42 bits per heavy atom. The summed E-state index contributed by atoms with van der Waals surface area (Å²) in [5.74, 6) is 1.11. The first-order valence-electron chi connectivity index (χ1n) is 4.00. The Labute approximate surface area is 80.9 Å². The van der Waals surface area contributed by atoms with Gasteiger partial charge in [-0.15, -0.1) is 23.1 Å². The average Bonchev–Trinajstić information content (AvgIpc) is 2.31. The number of aromatic nitrogens is 1. The van der Waals surface area contributed by atoms with E-state index in [1.54, 1.807) is 0 Å². The predicted molar refractivity (Wildman–Crippen MR) is 55.0 cm³/mol. The monoisotopic (exact) mass is 197 g/mol. The molecule has 12 heavy (non-hydrogen) atoms. The van der Waals surface area contributed by atoms with Crippen LogP contribution in [0.4, 0.5) is 0 Å². The maximum absolute atomic E-state index is 4.49. The maximum atomic E-state index is 4.49. The summed E-state index contributed by atoms with van der Waals surface area (Å²) in [7, 11) is 0. The Kier molecular flexibility index (Phi) is 2.24. The van der Waals surface area contributed by atoms with Crippen LogP contribution in [0.15, 0.2) is 16.7 Å². The highest BCUT2D eigenvalue weighted by atomic mass is 32.2. The predicted octanol–water partition coefficient (Wildman–Crippen LogP) is 3.05. The number of rotatable bonds is 0. The van der Waals surface area contributed by atoms with E-state index in [9.17, 15) is 0 Å². The number of nitrogens with zero attached hydrogens (tertiary/aromatic N) is 1. The molecule has 0 spiro atoms. The summed E-state index contributed by atoms with van der Waals surface area (Å²) in [5, 5.41) is 2.45. The van der Waals surface area contributed by atoms with Crippen LogP contribution in [0.2, 0.25) is 0 Å². The van der Waals surface area contributed by atoms with Crippen molar-refractivity contribution in [2.24, 2.45) is 0 Å². The second kappa shape index (κ2) is 3.23. The van der Waals surface area contributed by atoms with Crippen LogP contribution < -0.4 is 0 Å². The van der Waals surface area contributed by atoms with Gasteiger partial charge in [0.1, 0.15) is 5.03 Å². The number of thioether (sulfide) groups is 1. The number of hydrogen-bond donors (Lipinski definition) is 0. The van der Waals surface area contributed by atoms with E-state index in [1.807, 2.05) is 23.1 Å². The SMILES string of the molecule is CC1=CCc2sc(C)nc2SC1. The van der Waals surface area contributed by atoms with Gasteiger partial charge in [-0.1, -0.05) is 11.6 Å². The van der Waals surface area contributed by atoms with Gasteiger partial charge in [0.05, 0.1) is 5.01 Å². The molecule has 64 valence electrons. The van der Waals surface area contributed by atoms with Crippen molar-refractivity contribution >= 4 is 23.1 Å². The van der Waals surface area contributed by atoms with Crippen molar-refractivity contribution in [2.45, 2.75) is 25.3 Å². The van der Waals surface area contributed by atoms with E-state index in [0.29, 0.717) is 0 Å². The summed E-state index contributed by atoms with van der Waals surface area (Å²) in [6.45, 7) is 4.27. The maximum Gasteiger partial charge on any atom is 0.111 e. The van der Waals surface area contributed by atoms with E-state index in [4.69, 9.17) is 0 Å². The summed E-state index contributed by atoms with van der Waals surface area (Å²) in [6.07, 6.45) is 3.40. The molecular weight excluding hydrogens is 186 g/mol. The summed E-state index contributed by atoms with van der Waals surface area (Å²) in [5.41, 5.74) is 1.47. The van der Waals surface area contributed by atoms with Gasteiger partial charge in [0.25, 0.3) is 0 Å². The fourth-order valence-electron chi connectivity index (χ4n) is 1.20. The molecule has 3 heteroatoms. The van der Waals surface area contributed by atoms with Crippen molar-refractivity contribution in [1.82, 2.24) is 4.98 Å². The molecule has 0 bridgehead atoms. The lowest BCUT2D eigenvalue weighted by Gasteiger charge is -1.93. The number of aryl methyl sites for hydroxylation is 1. The van der Waals surface area contributed by atoms with Crippen LogP contribution in [-0.4, -0.2) is 10.7 Å². The van der Waals surface area contributed by atoms with Gasteiger partial charge in [0.15, 0.2) is 0 Å². The summed E-state index contributed by atoms with van der Waals surface area (Å²) in [6, 6.07) is 0. The van der Waals surface area contributed by atoms with Crippen molar-refractivity contribution in [3.05, 3.63) is 21.5 Å². The lowest BCUT2D eigenvalue weighted by atomic mass is 10.2. The van der Waals surface area contributed by atoms with Crippen molar-refractivity contribution in [2.75, 3.05) is 5.75 Å². The Morgan fingerprint density at radius 2 is 2.25 bits per heavy atom. The van der Waals surface area contributed by atoms with E-state index >= 15 is 0 Å². The zero-order valence-electron chi connectivity index (χ0n) is 7.26. The topological polar surface area (TPSA) is 12.9 Å². The molecule has 0 amide bonds. The number of thiazole rings is 1. The molecule has 0 N–H and O–H groups in total. The zero-order chi connectivity index (χ0) is 8.55. The van der Waals surface area contributed by atoms with Gasteiger partial charge in [-0.3, -0.25) is 0 Å². The van der Waals surface area contributed by atoms with Gasteiger partial charge in [-0.25, -0.2) is 4.98 Å². The third-order valence-corrected chi connectivity index (χ3v) is 4.17. The molecule has 1 aromatic heterocycles. The van der Waals surface area contributed by atoms with E-state index in [0.717, 1.165) is 12.2 Å². The van der Waals surface area contributed by atoms with Gasteiger partial charge < -0.3 is 0 Å². The molecular formula is C9H11NS2. The van der Waals surface area contributed by atoms with Crippen molar-refractivity contribution in [1.29, 1.82) is 0 Å². The standard InChI is InChI=1S/C9H11NS2/c1-6-3-4-8-9(11-5-6)10-7(2)12-8/h3H,4-5H2,1-2H3. The Balaban J connectivity index is 2.34. The molecule has 1 aliphatic heterocycles. The second-order valence-corrected chi connectivity index (χ2v) is 5.26.